The van der Waals surface area contributed by atoms with Crippen LogP contribution in [-0.4, -0.2) is 34.1 Å². The summed E-state index contributed by atoms with van der Waals surface area (Å²) in [5, 5.41) is 9.92. The van der Waals surface area contributed by atoms with Gasteiger partial charge >= 0.3 is 5.97 Å². The summed E-state index contributed by atoms with van der Waals surface area (Å²) in [5.41, 5.74) is 1.91. The van der Waals surface area contributed by atoms with Gasteiger partial charge in [-0.2, -0.15) is 0 Å². The second kappa shape index (κ2) is 4.60. The fourth-order valence-electron chi connectivity index (χ4n) is 1.79. The minimum absolute atomic E-state index is 0.636. The lowest BCUT2D eigenvalue weighted by atomic mass is 10.1. The van der Waals surface area contributed by atoms with Crippen molar-refractivity contribution in [2.45, 2.75) is 19.9 Å². The Morgan fingerprint density at radius 1 is 1.39 bits per heavy atom. The van der Waals surface area contributed by atoms with Crippen LogP contribution in [0.2, 0.25) is 0 Å². The molecular weight excluding hydrogens is 230 g/mol. The molecule has 0 spiro atoms. The second-order valence-corrected chi connectivity index (χ2v) is 4.34. The summed E-state index contributed by atoms with van der Waals surface area (Å²) < 4.78 is 0. The Hall–Kier alpha value is -2.17. The van der Waals surface area contributed by atoms with Gasteiger partial charge in [0.2, 0.25) is 0 Å². The maximum Gasteiger partial charge on any atom is 0.326 e. The van der Waals surface area contributed by atoms with Crippen molar-refractivity contribution < 1.29 is 9.90 Å². The van der Waals surface area contributed by atoms with E-state index in [1.807, 2.05) is 25.1 Å². The van der Waals surface area contributed by atoms with E-state index >= 15 is 0 Å². The molecule has 1 aromatic heterocycles. The molecule has 2 aromatic rings. The predicted octanol–water partition coefficient (Wildman–Crippen LogP) is 1.85. The molecule has 1 heterocycles. The zero-order chi connectivity index (χ0) is 13.3. The number of carboxylic acids is 1. The van der Waals surface area contributed by atoms with Crippen molar-refractivity contribution in [1.82, 2.24) is 9.97 Å². The van der Waals surface area contributed by atoms with E-state index in [0.717, 1.165) is 16.5 Å². The molecule has 0 aliphatic rings. The van der Waals surface area contributed by atoms with Crippen molar-refractivity contribution in [1.29, 1.82) is 0 Å². The summed E-state index contributed by atoms with van der Waals surface area (Å²) in [6.45, 7) is 3.61. The maximum atomic E-state index is 11.0. The van der Waals surface area contributed by atoms with Crippen LogP contribution < -0.4 is 4.90 Å². The molecule has 0 aliphatic carbocycles. The topological polar surface area (TPSA) is 66.3 Å². The number of benzene rings is 1. The van der Waals surface area contributed by atoms with Crippen molar-refractivity contribution in [3.63, 3.8) is 0 Å². The number of hydrogen-bond donors (Lipinski definition) is 1. The van der Waals surface area contributed by atoms with Crippen LogP contribution in [0.3, 0.4) is 0 Å². The van der Waals surface area contributed by atoms with E-state index in [-0.39, 0.29) is 0 Å². The molecule has 18 heavy (non-hydrogen) atoms. The molecule has 94 valence electrons. The summed E-state index contributed by atoms with van der Waals surface area (Å²) in [4.78, 5) is 21.1. The standard InChI is InChI=1S/C13H15N3O2/c1-8-4-5-11-10(6-8)12(15-7-14-11)16(3)9(2)13(17)18/h4-7,9H,1-3H3,(H,17,18). The van der Waals surface area contributed by atoms with Gasteiger partial charge in [-0.1, -0.05) is 11.6 Å². The highest BCUT2D eigenvalue weighted by molar-refractivity contribution is 5.91. The predicted molar refractivity (Wildman–Crippen MR) is 69.8 cm³/mol. The van der Waals surface area contributed by atoms with Crippen molar-refractivity contribution in [2.24, 2.45) is 0 Å². The number of hydrogen-bond acceptors (Lipinski definition) is 4. The van der Waals surface area contributed by atoms with E-state index in [1.54, 1.807) is 18.9 Å². The Balaban J connectivity index is 2.56. The first kappa shape index (κ1) is 12.3. The summed E-state index contributed by atoms with van der Waals surface area (Å²) in [6, 6.07) is 5.22. The summed E-state index contributed by atoms with van der Waals surface area (Å²) in [6.07, 6.45) is 1.46. The lowest BCUT2D eigenvalue weighted by Gasteiger charge is -2.23. The summed E-state index contributed by atoms with van der Waals surface area (Å²) >= 11 is 0. The molecule has 0 saturated carbocycles. The van der Waals surface area contributed by atoms with E-state index in [9.17, 15) is 4.79 Å². The van der Waals surface area contributed by atoms with Gasteiger partial charge in [0, 0.05) is 12.4 Å². The number of nitrogens with zero attached hydrogens (tertiary/aromatic N) is 3. The molecule has 0 fully saturated rings. The fraction of sp³-hybridized carbons (Fsp3) is 0.308. The molecule has 2 rings (SSSR count). The highest BCUT2D eigenvalue weighted by atomic mass is 16.4. The van der Waals surface area contributed by atoms with Crippen molar-refractivity contribution in [2.75, 3.05) is 11.9 Å². The van der Waals surface area contributed by atoms with E-state index in [0.29, 0.717) is 5.82 Å². The Labute approximate surface area is 105 Å². The van der Waals surface area contributed by atoms with Crippen molar-refractivity contribution >= 4 is 22.7 Å². The van der Waals surface area contributed by atoms with Gasteiger partial charge in [-0.15, -0.1) is 0 Å². The average Bonchev–Trinajstić information content (AvgIpc) is 2.36. The minimum atomic E-state index is -0.878. The number of fused-ring (bicyclic) bond motifs is 1. The molecule has 0 radical (unpaired) electrons. The highest BCUT2D eigenvalue weighted by Gasteiger charge is 2.20. The summed E-state index contributed by atoms with van der Waals surface area (Å²) in [7, 11) is 1.73. The molecule has 5 nitrogen and oxygen atoms in total. The largest absolute Gasteiger partial charge is 0.480 e. The number of aromatic nitrogens is 2. The molecular formula is C13H15N3O2. The Kier molecular flexibility index (Phi) is 3.14. The van der Waals surface area contributed by atoms with Crippen LogP contribution >= 0.6 is 0 Å². The van der Waals surface area contributed by atoms with Crippen molar-refractivity contribution in [3.05, 3.63) is 30.1 Å². The quantitative estimate of drug-likeness (QED) is 0.893. The zero-order valence-electron chi connectivity index (χ0n) is 10.6. The van der Waals surface area contributed by atoms with Gasteiger partial charge in [-0.3, -0.25) is 0 Å². The molecule has 5 heteroatoms. The number of anilines is 1. The smallest absolute Gasteiger partial charge is 0.326 e. The lowest BCUT2D eigenvalue weighted by molar-refractivity contribution is -0.138. The van der Waals surface area contributed by atoms with Gasteiger partial charge < -0.3 is 10.0 Å². The molecule has 0 bridgehead atoms. The van der Waals surface area contributed by atoms with Gasteiger partial charge in [-0.05, 0) is 26.0 Å². The fourth-order valence-corrected chi connectivity index (χ4v) is 1.79. The maximum absolute atomic E-state index is 11.0. The third kappa shape index (κ3) is 2.11. The SMILES string of the molecule is Cc1ccc2ncnc(N(C)C(C)C(=O)O)c2c1. The van der Waals surface area contributed by atoms with E-state index < -0.39 is 12.0 Å². The average molecular weight is 245 g/mol. The third-order valence-corrected chi connectivity index (χ3v) is 3.04. The lowest BCUT2D eigenvalue weighted by Crippen LogP contribution is -2.36. The van der Waals surface area contributed by atoms with Gasteiger partial charge in [0.1, 0.15) is 18.2 Å². The van der Waals surface area contributed by atoms with Crippen molar-refractivity contribution in [3.8, 4) is 0 Å². The normalized spacial score (nSPS) is 12.4. The number of rotatable bonds is 3. The first-order chi connectivity index (χ1) is 8.50. The molecule has 0 amide bonds. The van der Waals surface area contributed by atoms with Gasteiger partial charge in [-0.25, -0.2) is 14.8 Å². The Bertz CT molecular complexity index is 598. The molecule has 1 unspecified atom stereocenters. The van der Waals surface area contributed by atoms with Crippen LogP contribution in [0.4, 0.5) is 5.82 Å². The van der Waals surface area contributed by atoms with E-state index in [2.05, 4.69) is 9.97 Å². The van der Waals surface area contributed by atoms with Gasteiger partial charge in [0.15, 0.2) is 0 Å². The van der Waals surface area contributed by atoms with Crippen LogP contribution in [0.5, 0.6) is 0 Å². The molecule has 1 atom stereocenters. The highest BCUT2D eigenvalue weighted by Crippen LogP contribution is 2.24. The number of carboxylic acid groups (broad SMARTS) is 1. The minimum Gasteiger partial charge on any atom is -0.480 e. The van der Waals surface area contributed by atoms with Crippen LogP contribution in [0.15, 0.2) is 24.5 Å². The van der Waals surface area contributed by atoms with E-state index in [4.69, 9.17) is 5.11 Å². The second-order valence-electron chi connectivity index (χ2n) is 4.34. The third-order valence-electron chi connectivity index (χ3n) is 3.04. The number of aliphatic carboxylic acids is 1. The van der Waals surface area contributed by atoms with Crippen LogP contribution in [0.1, 0.15) is 12.5 Å². The molecule has 1 N–H and O–H groups in total. The Morgan fingerprint density at radius 3 is 2.78 bits per heavy atom. The van der Waals surface area contributed by atoms with Gasteiger partial charge in [0.05, 0.1) is 5.52 Å². The van der Waals surface area contributed by atoms with Crippen LogP contribution in [0, 0.1) is 6.92 Å². The monoisotopic (exact) mass is 245 g/mol. The number of carbonyl (C=O) groups is 1. The molecule has 1 aromatic carbocycles. The molecule has 0 aliphatic heterocycles. The number of likely N-dealkylation sites (N-methyl/N-ethyl adjacent to an activating group) is 1. The zero-order valence-corrected chi connectivity index (χ0v) is 10.6. The van der Waals surface area contributed by atoms with Crippen LogP contribution in [0.25, 0.3) is 10.9 Å². The van der Waals surface area contributed by atoms with Gasteiger partial charge in [0.25, 0.3) is 0 Å². The van der Waals surface area contributed by atoms with E-state index in [1.165, 1.54) is 6.33 Å². The summed E-state index contributed by atoms with van der Waals surface area (Å²) in [5.74, 6) is -0.240. The Morgan fingerprint density at radius 2 is 2.11 bits per heavy atom. The molecule has 0 saturated heterocycles. The number of aryl methyl sites for hydroxylation is 1. The van der Waals surface area contributed by atoms with Crippen LogP contribution in [-0.2, 0) is 4.79 Å². The first-order valence-corrected chi connectivity index (χ1v) is 5.67. The first-order valence-electron chi connectivity index (χ1n) is 5.67.